The van der Waals surface area contributed by atoms with Gasteiger partial charge in [-0.2, -0.15) is 0 Å². The lowest BCUT2D eigenvalue weighted by Crippen LogP contribution is -2.29. The van der Waals surface area contributed by atoms with Crippen LogP contribution in [0.25, 0.3) is 0 Å². The molecule has 4 rings (SSSR count). The summed E-state index contributed by atoms with van der Waals surface area (Å²) >= 11 is 0. The Bertz CT molecular complexity index is 862. The van der Waals surface area contributed by atoms with Gasteiger partial charge in [0.05, 0.1) is 11.4 Å². The fraction of sp³-hybridized carbons (Fsp3) is 0.263. The molecule has 0 aromatic heterocycles. The molecule has 2 amide bonds. The molecule has 2 aliphatic rings. The van der Waals surface area contributed by atoms with Crippen LogP contribution in [0.1, 0.15) is 32.7 Å². The topological polar surface area (TPSA) is 87.5 Å². The fourth-order valence-electron chi connectivity index (χ4n) is 3.43. The van der Waals surface area contributed by atoms with Crippen molar-refractivity contribution in [1.29, 1.82) is 0 Å². The van der Waals surface area contributed by atoms with Crippen molar-refractivity contribution in [3.05, 3.63) is 53.1 Å². The lowest BCUT2D eigenvalue weighted by molar-refractivity contribution is 0.0986. The first-order valence-electron chi connectivity index (χ1n) is 8.50. The molecule has 0 unspecified atom stereocenters. The second-order valence-electron chi connectivity index (χ2n) is 6.38. The largest absolute Gasteiger partial charge is 0.383 e. The third-order valence-corrected chi connectivity index (χ3v) is 4.76. The third-order valence-electron chi connectivity index (χ3n) is 4.76. The SMILES string of the molecule is NC(=O)c1ccc2c(c1)CCN2C(=O)c1ccc2c(c1)NCCCN2. The molecule has 0 aliphatic carbocycles. The van der Waals surface area contributed by atoms with Crippen LogP contribution in [0, 0.1) is 0 Å². The van der Waals surface area contributed by atoms with Gasteiger partial charge in [0.15, 0.2) is 0 Å². The summed E-state index contributed by atoms with van der Waals surface area (Å²) in [6.07, 6.45) is 1.77. The van der Waals surface area contributed by atoms with E-state index < -0.39 is 5.91 Å². The summed E-state index contributed by atoms with van der Waals surface area (Å²) in [5.74, 6) is -0.476. The Kier molecular flexibility index (Phi) is 3.80. The molecule has 0 radical (unpaired) electrons. The summed E-state index contributed by atoms with van der Waals surface area (Å²) < 4.78 is 0. The van der Waals surface area contributed by atoms with Crippen molar-refractivity contribution in [3.8, 4) is 0 Å². The van der Waals surface area contributed by atoms with Gasteiger partial charge in [-0.3, -0.25) is 9.59 Å². The molecule has 2 aromatic rings. The minimum absolute atomic E-state index is 0.0283. The number of rotatable bonds is 2. The summed E-state index contributed by atoms with van der Waals surface area (Å²) in [7, 11) is 0. The van der Waals surface area contributed by atoms with Gasteiger partial charge in [0.25, 0.3) is 5.91 Å². The average molecular weight is 336 g/mol. The predicted octanol–water partition coefficient (Wildman–Crippen LogP) is 2.22. The van der Waals surface area contributed by atoms with Crippen molar-refractivity contribution in [1.82, 2.24) is 0 Å². The highest BCUT2D eigenvalue weighted by Gasteiger charge is 2.26. The fourth-order valence-corrected chi connectivity index (χ4v) is 3.43. The number of carbonyl (C=O) groups is 2. The number of nitrogens with two attached hydrogens (primary N) is 1. The molecule has 2 heterocycles. The van der Waals surface area contributed by atoms with E-state index in [9.17, 15) is 9.59 Å². The van der Waals surface area contributed by atoms with Crippen molar-refractivity contribution < 1.29 is 9.59 Å². The van der Waals surface area contributed by atoms with Gasteiger partial charge in [0, 0.05) is 36.4 Å². The van der Waals surface area contributed by atoms with Gasteiger partial charge in [-0.05, 0) is 54.8 Å². The number of fused-ring (bicyclic) bond motifs is 2. The normalized spacial score (nSPS) is 15.4. The zero-order valence-electron chi connectivity index (χ0n) is 13.8. The van der Waals surface area contributed by atoms with Crippen LogP contribution in [0.3, 0.4) is 0 Å². The monoisotopic (exact) mass is 336 g/mol. The number of benzene rings is 2. The maximum absolute atomic E-state index is 13.0. The summed E-state index contributed by atoms with van der Waals surface area (Å²) in [5.41, 5.74) is 10.3. The minimum atomic E-state index is -0.447. The van der Waals surface area contributed by atoms with E-state index in [1.54, 1.807) is 17.0 Å². The minimum Gasteiger partial charge on any atom is -0.383 e. The van der Waals surface area contributed by atoms with E-state index in [-0.39, 0.29) is 5.91 Å². The number of hydrogen-bond donors (Lipinski definition) is 3. The molecule has 0 atom stereocenters. The van der Waals surface area contributed by atoms with E-state index in [1.807, 2.05) is 24.3 Å². The Labute approximate surface area is 146 Å². The molecule has 2 aliphatic heterocycles. The second kappa shape index (κ2) is 6.12. The molecule has 2 aromatic carbocycles. The Morgan fingerprint density at radius 2 is 1.72 bits per heavy atom. The van der Waals surface area contributed by atoms with Crippen molar-refractivity contribution >= 4 is 28.9 Å². The number of nitrogens with zero attached hydrogens (tertiary/aromatic N) is 1. The molecule has 128 valence electrons. The van der Waals surface area contributed by atoms with Crippen LogP contribution < -0.4 is 21.3 Å². The first-order valence-corrected chi connectivity index (χ1v) is 8.50. The van der Waals surface area contributed by atoms with Gasteiger partial charge in [0.1, 0.15) is 0 Å². The number of anilines is 3. The maximum atomic E-state index is 13.0. The summed E-state index contributed by atoms with van der Waals surface area (Å²) in [4.78, 5) is 26.1. The van der Waals surface area contributed by atoms with E-state index in [1.165, 1.54) is 0 Å². The molecule has 25 heavy (non-hydrogen) atoms. The molecule has 0 bridgehead atoms. The molecule has 0 saturated heterocycles. The second-order valence-corrected chi connectivity index (χ2v) is 6.38. The maximum Gasteiger partial charge on any atom is 0.258 e. The van der Waals surface area contributed by atoms with Crippen LogP contribution in [0.4, 0.5) is 17.1 Å². The zero-order valence-corrected chi connectivity index (χ0v) is 13.8. The highest BCUT2D eigenvalue weighted by molar-refractivity contribution is 6.08. The van der Waals surface area contributed by atoms with E-state index >= 15 is 0 Å². The quantitative estimate of drug-likeness (QED) is 0.785. The van der Waals surface area contributed by atoms with Crippen LogP contribution in [-0.4, -0.2) is 31.4 Å². The molecular weight excluding hydrogens is 316 g/mol. The van der Waals surface area contributed by atoms with Crippen LogP contribution in [0.15, 0.2) is 36.4 Å². The molecule has 0 saturated carbocycles. The standard InChI is InChI=1S/C19H20N4O2/c20-18(24)13-3-5-17-12(10-13)6-9-23(17)19(25)14-2-4-15-16(11-14)22-8-1-7-21-15/h2-5,10-11,21-22H,1,6-9H2,(H2,20,24). The Morgan fingerprint density at radius 3 is 2.52 bits per heavy atom. The third kappa shape index (κ3) is 2.80. The molecule has 6 heteroatoms. The number of hydrogen-bond acceptors (Lipinski definition) is 4. The van der Waals surface area contributed by atoms with E-state index in [4.69, 9.17) is 5.73 Å². The number of primary amides is 1. The van der Waals surface area contributed by atoms with Gasteiger partial charge in [-0.15, -0.1) is 0 Å². The highest BCUT2D eigenvalue weighted by Crippen LogP contribution is 2.32. The van der Waals surface area contributed by atoms with Gasteiger partial charge < -0.3 is 21.3 Å². The number of carbonyl (C=O) groups excluding carboxylic acids is 2. The summed E-state index contributed by atoms with van der Waals surface area (Å²) in [5, 5.41) is 6.73. The van der Waals surface area contributed by atoms with Crippen LogP contribution in [0.2, 0.25) is 0 Å². The van der Waals surface area contributed by atoms with Crippen LogP contribution in [-0.2, 0) is 6.42 Å². The van der Waals surface area contributed by atoms with Gasteiger partial charge in [-0.25, -0.2) is 0 Å². The lowest BCUT2D eigenvalue weighted by Gasteiger charge is -2.19. The van der Waals surface area contributed by atoms with Crippen LogP contribution in [0.5, 0.6) is 0 Å². The van der Waals surface area contributed by atoms with Gasteiger partial charge in [0.2, 0.25) is 5.91 Å². The first kappa shape index (κ1) is 15.5. The number of amides is 2. The van der Waals surface area contributed by atoms with Crippen molar-refractivity contribution in [2.24, 2.45) is 5.73 Å². The summed E-state index contributed by atoms with van der Waals surface area (Å²) in [6.45, 7) is 2.42. The van der Waals surface area contributed by atoms with Crippen LogP contribution >= 0.6 is 0 Å². The van der Waals surface area contributed by atoms with Crippen molar-refractivity contribution in [2.45, 2.75) is 12.8 Å². The first-order chi connectivity index (χ1) is 12.1. The summed E-state index contributed by atoms with van der Waals surface area (Å²) in [6, 6.07) is 11.0. The van der Waals surface area contributed by atoms with E-state index in [0.29, 0.717) is 17.7 Å². The molecule has 6 nitrogen and oxygen atoms in total. The van der Waals surface area contributed by atoms with Crippen molar-refractivity contribution in [2.75, 3.05) is 35.2 Å². The highest BCUT2D eigenvalue weighted by atomic mass is 16.2. The molecular formula is C19H20N4O2. The van der Waals surface area contributed by atoms with E-state index in [0.717, 1.165) is 48.6 Å². The Balaban J connectivity index is 1.63. The zero-order chi connectivity index (χ0) is 17.4. The smallest absolute Gasteiger partial charge is 0.258 e. The van der Waals surface area contributed by atoms with Crippen molar-refractivity contribution in [3.63, 3.8) is 0 Å². The van der Waals surface area contributed by atoms with Gasteiger partial charge in [-0.1, -0.05) is 0 Å². The lowest BCUT2D eigenvalue weighted by atomic mass is 10.1. The molecule has 0 spiro atoms. The van der Waals surface area contributed by atoms with Gasteiger partial charge >= 0.3 is 0 Å². The Morgan fingerprint density at radius 1 is 0.960 bits per heavy atom. The predicted molar refractivity (Wildman–Crippen MR) is 98.4 cm³/mol. The van der Waals surface area contributed by atoms with E-state index in [2.05, 4.69) is 10.6 Å². The Hall–Kier alpha value is -3.02. The molecule has 4 N–H and O–H groups in total. The molecule has 0 fully saturated rings. The number of nitrogens with one attached hydrogen (secondary N) is 2. The average Bonchev–Trinajstić information content (AvgIpc) is 2.90.